The number of nitrogens with zero attached hydrogens (tertiary/aromatic N) is 2. The van der Waals surface area contributed by atoms with E-state index in [1.54, 1.807) is 6.07 Å². The zero-order valence-corrected chi connectivity index (χ0v) is 15.7. The first-order chi connectivity index (χ1) is 13.2. The lowest BCUT2D eigenvalue weighted by atomic mass is 9.93. The Bertz CT molecular complexity index is 1010. The van der Waals surface area contributed by atoms with Gasteiger partial charge in [-0.15, -0.1) is 0 Å². The molecule has 3 aromatic heterocycles. The van der Waals surface area contributed by atoms with Crippen LogP contribution in [-0.4, -0.2) is 39.8 Å². The van der Waals surface area contributed by atoms with E-state index >= 15 is 0 Å². The third kappa shape index (κ3) is 3.36. The third-order valence-corrected chi connectivity index (χ3v) is 6.10. The maximum absolute atomic E-state index is 12.0. The largest absolute Gasteiger partial charge is 0.446 e. The van der Waals surface area contributed by atoms with Gasteiger partial charge in [-0.1, -0.05) is 11.3 Å². The quantitative estimate of drug-likeness (QED) is 0.616. The Labute approximate surface area is 162 Å². The molecule has 0 aliphatic heterocycles. The van der Waals surface area contributed by atoms with Crippen molar-refractivity contribution in [1.82, 2.24) is 14.7 Å². The molecule has 138 valence electrons. The molecule has 27 heavy (non-hydrogen) atoms. The van der Waals surface area contributed by atoms with E-state index < -0.39 is 0 Å². The van der Waals surface area contributed by atoms with E-state index in [9.17, 15) is 9.59 Å². The highest BCUT2D eigenvalue weighted by Crippen LogP contribution is 2.49. The Morgan fingerprint density at radius 1 is 1.41 bits per heavy atom. The molecular formula is C18H15N3O4S2. The van der Waals surface area contributed by atoms with Gasteiger partial charge < -0.3 is 15.2 Å². The average Bonchev–Trinajstić information content (AvgIpc) is 3.30. The summed E-state index contributed by atoms with van der Waals surface area (Å²) >= 11 is 2.69. The van der Waals surface area contributed by atoms with Crippen molar-refractivity contribution in [2.24, 2.45) is 0 Å². The molecule has 2 N–H and O–H groups in total. The van der Waals surface area contributed by atoms with Crippen molar-refractivity contribution in [3.05, 3.63) is 46.2 Å². The van der Waals surface area contributed by atoms with Gasteiger partial charge >= 0.3 is 0 Å². The van der Waals surface area contributed by atoms with Crippen molar-refractivity contribution in [2.75, 3.05) is 13.2 Å². The maximum Gasteiger partial charge on any atom is 0.270 e. The van der Waals surface area contributed by atoms with Crippen LogP contribution in [0.15, 0.2) is 24.5 Å². The molecule has 0 radical (unpaired) electrons. The number of pyridine rings is 1. The molecule has 0 fully saturated rings. The zero-order valence-electron chi connectivity index (χ0n) is 14.1. The number of carbonyl (C=O) groups excluding carboxylic acids is 2. The van der Waals surface area contributed by atoms with Gasteiger partial charge in [-0.25, -0.2) is 4.37 Å². The van der Waals surface area contributed by atoms with E-state index in [0.29, 0.717) is 15.7 Å². The van der Waals surface area contributed by atoms with Gasteiger partial charge in [0.2, 0.25) is 0 Å². The molecule has 3 heterocycles. The summed E-state index contributed by atoms with van der Waals surface area (Å²) in [4.78, 5) is 29.3. The summed E-state index contributed by atoms with van der Waals surface area (Å²) < 4.78 is 10.3. The monoisotopic (exact) mass is 401 g/mol. The standard InChI is InChI=1S/C18H15N3O4S2/c22-6-5-20-17(24)13-7-11(3-4-19-13)25-18-15-12(14(9-23)26-18)2-1-10-8-21-27-16(10)15/h3-4,7-9,22H,1-2,5-6H2,(H,20,24). The number of ether oxygens (including phenoxy) is 1. The van der Waals surface area contributed by atoms with Crippen LogP contribution < -0.4 is 10.1 Å². The number of carbonyl (C=O) groups is 2. The molecule has 0 saturated carbocycles. The number of aromatic nitrogens is 2. The number of thiophene rings is 1. The van der Waals surface area contributed by atoms with E-state index in [-0.39, 0.29) is 24.8 Å². The van der Waals surface area contributed by atoms with Gasteiger partial charge in [0.1, 0.15) is 11.4 Å². The number of fused-ring (bicyclic) bond motifs is 3. The minimum atomic E-state index is -0.388. The molecule has 0 spiro atoms. The Morgan fingerprint density at radius 2 is 2.30 bits per heavy atom. The van der Waals surface area contributed by atoms with Crippen molar-refractivity contribution >= 4 is 35.1 Å². The second-order valence-electron chi connectivity index (χ2n) is 5.86. The van der Waals surface area contributed by atoms with Crippen molar-refractivity contribution in [2.45, 2.75) is 12.8 Å². The smallest absolute Gasteiger partial charge is 0.270 e. The highest BCUT2D eigenvalue weighted by molar-refractivity contribution is 7.17. The van der Waals surface area contributed by atoms with E-state index in [4.69, 9.17) is 9.84 Å². The highest BCUT2D eigenvalue weighted by atomic mass is 32.1. The first kappa shape index (κ1) is 17.8. The number of aliphatic hydroxyl groups is 1. The Hall–Kier alpha value is -2.62. The van der Waals surface area contributed by atoms with E-state index in [0.717, 1.165) is 40.7 Å². The van der Waals surface area contributed by atoms with Gasteiger partial charge in [0.15, 0.2) is 11.3 Å². The van der Waals surface area contributed by atoms with Crippen molar-refractivity contribution in [3.8, 4) is 21.3 Å². The summed E-state index contributed by atoms with van der Waals surface area (Å²) in [5.74, 6) is 0.0679. The topological polar surface area (TPSA) is 101 Å². The number of hydrogen-bond donors (Lipinski definition) is 2. The van der Waals surface area contributed by atoms with Crippen LogP contribution in [0, 0.1) is 0 Å². The van der Waals surface area contributed by atoms with Gasteiger partial charge in [-0.3, -0.25) is 14.6 Å². The van der Waals surface area contributed by atoms with Crippen LogP contribution in [0.3, 0.4) is 0 Å². The fourth-order valence-corrected chi connectivity index (χ4v) is 4.94. The van der Waals surface area contributed by atoms with Crippen molar-refractivity contribution in [3.63, 3.8) is 0 Å². The molecule has 4 rings (SSSR count). The number of aldehydes is 1. The van der Waals surface area contributed by atoms with Gasteiger partial charge in [-0.2, -0.15) is 0 Å². The van der Waals surface area contributed by atoms with Gasteiger partial charge in [-0.05, 0) is 41.6 Å². The predicted octanol–water partition coefficient (Wildman–Crippen LogP) is 2.69. The molecule has 9 heteroatoms. The van der Waals surface area contributed by atoms with Crippen LogP contribution >= 0.6 is 22.9 Å². The molecule has 1 aliphatic carbocycles. The summed E-state index contributed by atoms with van der Waals surface area (Å²) in [6.45, 7) is 0.00972. The van der Waals surface area contributed by atoms with Crippen LogP contribution in [0.2, 0.25) is 0 Å². The average molecular weight is 401 g/mol. The number of aliphatic hydroxyl groups excluding tert-OH is 1. The second-order valence-corrected chi connectivity index (χ2v) is 7.68. The van der Waals surface area contributed by atoms with E-state index in [1.807, 2.05) is 6.20 Å². The van der Waals surface area contributed by atoms with Gasteiger partial charge in [0, 0.05) is 25.0 Å². The second kappa shape index (κ2) is 7.55. The van der Waals surface area contributed by atoms with Crippen LogP contribution in [0.4, 0.5) is 0 Å². The molecule has 0 saturated heterocycles. The number of rotatable bonds is 6. The highest BCUT2D eigenvalue weighted by Gasteiger charge is 2.28. The molecule has 0 aromatic carbocycles. The molecule has 3 aromatic rings. The lowest BCUT2D eigenvalue weighted by molar-refractivity contribution is 0.0939. The van der Waals surface area contributed by atoms with E-state index in [2.05, 4.69) is 14.7 Å². The van der Waals surface area contributed by atoms with Crippen LogP contribution in [-0.2, 0) is 12.8 Å². The SMILES string of the molecule is O=Cc1sc(Oc2ccnc(C(=O)NCCO)c2)c2c1CCc1cnsc1-2. The molecular weight excluding hydrogens is 386 g/mol. The van der Waals surface area contributed by atoms with Gasteiger partial charge in [0.05, 0.1) is 21.9 Å². The first-order valence-corrected chi connectivity index (χ1v) is 9.88. The van der Waals surface area contributed by atoms with Crippen LogP contribution in [0.25, 0.3) is 10.4 Å². The number of amides is 1. The van der Waals surface area contributed by atoms with Gasteiger partial charge in [0.25, 0.3) is 5.91 Å². The number of aryl methyl sites for hydroxylation is 1. The minimum Gasteiger partial charge on any atom is -0.446 e. The third-order valence-electron chi connectivity index (χ3n) is 4.20. The zero-order chi connectivity index (χ0) is 18.8. The summed E-state index contributed by atoms with van der Waals surface area (Å²) in [7, 11) is 0. The number of nitrogens with one attached hydrogen (secondary N) is 1. The Kier molecular flexibility index (Phi) is 4.97. The van der Waals surface area contributed by atoms with Crippen LogP contribution in [0.1, 0.15) is 31.3 Å². The van der Waals surface area contributed by atoms with E-state index in [1.165, 1.54) is 35.1 Å². The molecule has 0 unspecified atom stereocenters. The Balaban J connectivity index is 1.68. The van der Waals surface area contributed by atoms with Crippen LogP contribution in [0.5, 0.6) is 10.8 Å². The summed E-state index contributed by atoms with van der Waals surface area (Å²) in [5.41, 5.74) is 3.28. The fourth-order valence-electron chi connectivity index (χ4n) is 2.97. The maximum atomic E-state index is 12.0. The normalized spacial score (nSPS) is 12.2. The summed E-state index contributed by atoms with van der Waals surface area (Å²) in [6, 6.07) is 3.20. The molecule has 0 atom stereocenters. The predicted molar refractivity (Wildman–Crippen MR) is 102 cm³/mol. The summed E-state index contributed by atoms with van der Waals surface area (Å²) in [5, 5.41) is 12.0. The Morgan fingerprint density at radius 3 is 3.11 bits per heavy atom. The molecule has 7 nitrogen and oxygen atoms in total. The van der Waals surface area contributed by atoms with Crippen molar-refractivity contribution < 1.29 is 19.4 Å². The number of hydrogen-bond acceptors (Lipinski definition) is 8. The van der Waals surface area contributed by atoms with Crippen molar-refractivity contribution in [1.29, 1.82) is 0 Å². The lowest BCUT2D eigenvalue weighted by Crippen LogP contribution is -2.27. The molecule has 1 aliphatic rings. The minimum absolute atomic E-state index is 0.144. The molecule has 1 amide bonds. The first-order valence-electron chi connectivity index (χ1n) is 8.29. The summed E-state index contributed by atoms with van der Waals surface area (Å²) in [6.07, 6.45) is 5.85. The lowest BCUT2D eigenvalue weighted by Gasteiger charge is -2.14. The fraction of sp³-hybridized carbons (Fsp3) is 0.222. The molecule has 0 bridgehead atoms.